The second-order valence-electron chi connectivity index (χ2n) is 5.76. The summed E-state index contributed by atoms with van der Waals surface area (Å²) >= 11 is 1.38. The van der Waals surface area contributed by atoms with E-state index >= 15 is 0 Å². The first kappa shape index (κ1) is 18.0. The van der Waals surface area contributed by atoms with Gasteiger partial charge in [0.15, 0.2) is 10.8 Å². The fourth-order valence-electron chi connectivity index (χ4n) is 2.57. The van der Waals surface area contributed by atoms with E-state index in [0.29, 0.717) is 22.0 Å². The Morgan fingerprint density at radius 1 is 1.18 bits per heavy atom. The molecule has 0 atom stereocenters. The van der Waals surface area contributed by atoms with Gasteiger partial charge in [-0.05, 0) is 25.1 Å². The summed E-state index contributed by atoms with van der Waals surface area (Å²) in [4.78, 5) is 28.7. The van der Waals surface area contributed by atoms with Crippen molar-refractivity contribution < 1.29 is 18.0 Å². The van der Waals surface area contributed by atoms with Crippen molar-refractivity contribution in [1.29, 1.82) is 0 Å². The number of fused-ring (bicyclic) bond motifs is 1. The Morgan fingerprint density at radius 3 is 2.68 bits per heavy atom. The number of nitrogens with zero attached hydrogens (tertiary/aromatic N) is 5. The van der Waals surface area contributed by atoms with Gasteiger partial charge in [-0.1, -0.05) is 0 Å². The van der Waals surface area contributed by atoms with Crippen LogP contribution < -0.4 is 5.43 Å². The molecule has 4 aromatic heterocycles. The molecule has 1 amide bonds. The lowest BCUT2D eigenvalue weighted by molar-refractivity contribution is -0.140. The highest BCUT2D eigenvalue weighted by atomic mass is 32.1. The highest BCUT2D eigenvalue weighted by Gasteiger charge is 2.32. The number of alkyl halides is 3. The molecule has 0 fully saturated rings. The van der Waals surface area contributed by atoms with E-state index in [9.17, 15) is 18.0 Å². The number of pyridine rings is 1. The van der Waals surface area contributed by atoms with Crippen molar-refractivity contribution in [3.05, 3.63) is 59.1 Å². The summed E-state index contributed by atoms with van der Waals surface area (Å²) < 4.78 is 39.6. The molecule has 7 nitrogen and oxygen atoms in total. The quantitative estimate of drug-likeness (QED) is 0.563. The summed E-state index contributed by atoms with van der Waals surface area (Å²) in [7, 11) is 0. The van der Waals surface area contributed by atoms with E-state index in [2.05, 4.69) is 25.4 Å². The molecule has 0 saturated carbocycles. The van der Waals surface area contributed by atoms with E-state index in [1.165, 1.54) is 40.5 Å². The lowest BCUT2D eigenvalue weighted by atomic mass is 10.2. The fraction of sp³-hybridized carbons (Fsp3) is 0.118. The van der Waals surface area contributed by atoms with Crippen molar-refractivity contribution in [2.45, 2.75) is 13.1 Å². The summed E-state index contributed by atoms with van der Waals surface area (Å²) in [6.45, 7) is 1.67. The molecule has 4 heterocycles. The van der Waals surface area contributed by atoms with E-state index in [-0.39, 0.29) is 11.1 Å². The van der Waals surface area contributed by atoms with Gasteiger partial charge in [-0.25, -0.2) is 19.9 Å². The molecular weight excluding hydrogens is 393 g/mol. The van der Waals surface area contributed by atoms with E-state index in [1.54, 1.807) is 18.5 Å². The number of amides is 1. The van der Waals surface area contributed by atoms with Crippen LogP contribution in [0.2, 0.25) is 0 Å². The molecule has 0 aliphatic carbocycles. The first-order valence-corrected chi connectivity index (χ1v) is 8.81. The third kappa shape index (κ3) is 3.31. The van der Waals surface area contributed by atoms with Gasteiger partial charge < -0.3 is 0 Å². The van der Waals surface area contributed by atoms with Crippen molar-refractivity contribution in [1.82, 2.24) is 24.6 Å². The average Bonchev–Trinajstić information content (AvgIpc) is 3.31. The molecule has 28 heavy (non-hydrogen) atoms. The number of aryl methyl sites for hydroxylation is 1. The van der Waals surface area contributed by atoms with Crippen LogP contribution in [0.3, 0.4) is 0 Å². The van der Waals surface area contributed by atoms with Gasteiger partial charge in [-0.15, -0.1) is 11.3 Å². The first-order chi connectivity index (χ1) is 13.3. The smallest absolute Gasteiger partial charge is 0.267 e. The van der Waals surface area contributed by atoms with Crippen molar-refractivity contribution in [3.8, 4) is 10.8 Å². The minimum Gasteiger partial charge on any atom is -0.267 e. The zero-order valence-corrected chi connectivity index (χ0v) is 15.0. The molecule has 0 bridgehead atoms. The van der Waals surface area contributed by atoms with E-state index in [4.69, 9.17) is 0 Å². The third-order valence-corrected chi connectivity index (χ3v) is 4.67. The van der Waals surface area contributed by atoms with Gasteiger partial charge in [-0.2, -0.15) is 13.2 Å². The molecule has 0 aliphatic heterocycles. The summed E-state index contributed by atoms with van der Waals surface area (Å²) in [5, 5.41) is 2.43. The number of halogens is 3. The SMILES string of the molecule is Cc1nc(-c2nccs2)ncc1C(=O)Nn1ccc2nc(C(F)(F)F)ccc21. The highest BCUT2D eigenvalue weighted by molar-refractivity contribution is 7.12. The van der Waals surface area contributed by atoms with Gasteiger partial charge in [0, 0.05) is 24.0 Å². The number of carbonyl (C=O) groups excluding carboxylic acids is 1. The van der Waals surface area contributed by atoms with Gasteiger partial charge in [0.2, 0.25) is 0 Å². The lowest BCUT2D eigenvalue weighted by Gasteiger charge is -2.10. The molecule has 0 radical (unpaired) electrons. The van der Waals surface area contributed by atoms with Crippen LogP contribution in [0.25, 0.3) is 21.9 Å². The number of carbonyl (C=O) groups is 1. The second-order valence-corrected chi connectivity index (χ2v) is 6.65. The number of thiazole rings is 1. The Kier molecular flexibility index (Phi) is 4.30. The monoisotopic (exact) mass is 404 g/mol. The van der Waals surface area contributed by atoms with Gasteiger partial charge >= 0.3 is 6.18 Å². The highest BCUT2D eigenvalue weighted by Crippen LogP contribution is 2.29. The van der Waals surface area contributed by atoms with Crippen molar-refractivity contribution >= 4 is 28.3 Å². The molecule has 0 aliphatic rings. The van der Waals surface area contributed by atoms with Crippen LogP contribution in [0, 0.1) is 6.92 Å². The van der Waals surface area contributed by atoms with Crippen LogP contribution in [0.15, 0.2) is 42.2 Å². The van der Waals surface area contributed by atoms with Gasteiger partial charge in [0.1, 0.15) is 5.69 Å². The second kappa shape index (κ2) is 6.68. The van der Waals surface area contributed by atoms with E-state index < -0.39 is 17.8 Å². The summed E-state index contributed by atoms with van der Waals surface area (Å²) in [6, 6.07) is 3.50. The Labute approximate surface area is 159 Å². The first-order valence-electron chi connectivity index (χ1n) is 7.93. The fourth-order valence-corrected chi connectivity index (χ4v) is 3.15. The molecule has 4 rings (SSSR count). The third-order valence-electron chi connectivity index (χ3n) is 3.90. The van der Waals surface area contributed by atoms with Crippen molar-refractivity contribution in [2.24, 2.45) is 0 Å². The molecular formula is C17H11F3N6OS. The lowest BCUT2D eigenvalue weighted by Crippen LogP contribution is -2.23. The van der Waals surface area contributed by atoms with Gasteiger partial charge in [-0.3, -0.25) is 14.9 Å². The van der Waals surface area contributed by atoms with Crippen LogP contribution in [-0.4, -0.2) is 30.5 Å². The number of rotatable bonds is 3. The maximum Gasteiger partial charge on any atom is 0.433 e. The molecule has 11 heteroatoms. The molecule has 0 aromatic carbocycles. The maximum atomic E-state index is 12.8. The maximum absolute atomic E-state index is 12.8. The average molecular weight is 404 g/mol. The van der Waals surface area contributed by atoms with Crippen molar-refractivity contribution in [2.75, 3.05) is 5.43 Å². The molecule has 4 aromatic rings. The number of hydrogen-bond donors (Lipinski definition) is 1. The zero-order valence-electron chi connectivity index (χ0n) is 14.2. The Morgan fingerprint density at radius 2 is 2.00 bits per heavy atom. The van der Waals surface area contributed by atoms with Gasteiger partial charge in [0.05, 0.1) is 22.3 Å². The summed E-state index contributed by atoms with van der Waals surface area (Å²) in [5.41, 5.74) is 2.74. The number of nitrogens with one attached hydrogen (secondary N) is 1. The van der Waals surface area contributed by atoms with E-state index in [1.807, 2.05) is 0 Å². The molecule has 142 valence electrons. The topological polar surface area (TPSA) is 85.6 Å². The molecule has 0 saturated heterocycles. The largest absolute Gasteiger partial charge is 0.433 e. The van der Waals surface area contributed by atoms with Gasteiger partial charge in [0.25, 0.3) is 5.91 Å². The summed E-state index contributed by atoms with van der Waals surface area (Å²) in [5.74, 6) is -0.0834. The Hall–Kier alpha value is -3.34. The van der Waals surface area contributed by atoms with Crippen LogP contribution >= 0.6 is 11.3 Å². The Balaban J connectivity index is 1.60. The minimum atomic E-state index is -4.53. The van der Waals surface area contributed by atoms with Crippen LogP contribution in [-0.2, 0) is 6.18 Å². The molecule has 0 spiro atoms. The predicted octanol–water partition coefficient (Wildman–Crippen LogP) is 3.66. The van der Waals surface area contributed by atoms with E-state index in [0.717, 1.165) is 6.07 Å². The summed E-state index contributed by atoms with van der Waals surface area (Å²) in [6.07, 6.45) is -0.0855. The predicted molar refractivity (Wildman–Crippen MR) is 96.3 cm³/mol. The van der Waals surface area contributed by atoms with Crippen LogP contribution in [0.5, 0.6) is 0 Å². The standard InChI is InChI=1S/C17H11F3N6OS/c1-9-10(8-22-14(23-9)16-21-5-7-28-16)15(27)25-26-6-4-11-12(26)2-3-13(24-11)17(18,19)20/h2-8H,1H3,(H,25,27). The number of hydrogen-bond acceptors (Lipinski definition) is 6. The zero-order chi connectivity index (χ0) is 19.9. The molecule has 1 N–H and O–H groups in total. The minimum absolute atomic E-state index is 0.113. The van der Waals surface area contributed by atoms with Crippen LogP contribution in [0.1, 0.15) is 21.7 Å². The Bertz CT molecular complexity index is 1170. The normalized spacial score (nSPS) is 11.7. The van der Waals surface area contributed by atoms with Crippen LogP contribution in [0.4, 0.5) is 13.2 Å². The number of aromatic nitrogens is 5. The van der Waals surface area contributed by atoms with Crippen molar-refractivity contribution in [3.63, 3.8) is 0 Å². The molecule has 0 unspecified atom stereocenters.